The zero-order valence-electron chi connectivity index (χ0n) is 20.4. The Kier molecular flexibility index (Phi) is 8.17. The van der Waals surface area contributed by atoms with Crippen molar-refractivity contribution in [3.8, 4) is 16.9 Å². The first-order chi connectivity index (χ1) is 16.9. The van der Waals surface area contributed by atoms with Gasteiger partial charge in [-0.25, -0.2) is 13.2 Å². The highest BCUT2D eigenvalue weighted by Gasteiger charge is 2.28. The summed E-state index contributed by atoms with van der Waals surface area (Å²) in [5.74, 6) is -1.13. The minimum atomic E-state index is -0.815. The van der Waals surface area contributed by atoms with Crippen LogP contribution in [0.5, 0.6) is 5.75 Å². The lowest BCUT2D eigenvalue weighted by Crippen LogP contribution is -2.23. The summed E-state index contributed by atoms with van der Waals surface area (Å²) in [6.07, 6.45) is 3.98. The molecule has 1 saturated carbocycles. The zero-order valence-corrected chi connectivity index (χ0v) is 20.4. The topological polar surface area (TPSA) is 29.5 Å². The normalized spacial score (nSPS) is 18.9. The second-order valence-corrected chi connectivity index (χ2v) is 9.57. The van der Waals surface area contributed by atoms with Gasteiger partial charge in [-0.05, 0) is 92.5 Å². The van der Waals surface area contributed by atoms with Gasteiger partial charge in [0.15, 0.2) is 11.6 Å². The first-order valence-electron chi connectivity index (χ1n) is 12.5. The molecule has 186 valence electrons. The van der Waals surface area contributed by atoms with Gasteiger partial charge in [-0.2, -0.15) is 0 Å². The molecule has 1 aliphatic carbocycles. The van der Waals surface area contributed by atoms with Gasteiger partial charge >= 0.3 is 0 Å². The predicted molar refractivity (Wildman–Crippen MR) is 133 cm³/mol. The summed E-state index contributed by atoms with van der Waals surface area (Å²) in [5, 5.41) is 9.79. The predicted octanol–water partition coefficient (Wildman–Crippen LogP) is 7.61. The summed E-state index contributed by atoms with van der Waals surface area (Å²) >= 11 is 0. The van der Waals surface area contributed by atoms with Crippen LogP contribution in [-0.2, 0) is 12.8 Å². The van der Waals surface area contributed by atoms with Gasteiger partial charge in [0.2, 0.25) is 0 Å². The van der Waals surface area contributed by atoms with Gasteiger partial charge in [0, 0.05) is 11.6 Å². The number of aryl methyl sites for hydroxylation is 2. The average Bonchev–Trinajstić information content (AvgIpc) is 2.86. The van der Waals surface area contributed by atoms with Gasteiger partial charge < -0.3 is 9.84 Å². The van der Waals surface area contributed by atoms with Gasteiger partial charge in [0.05, 0.1) is 12.7 Å². The molecule has 0 heterocycles. The highest BCUT2D eigenvalue weighted by atomic mass is 19.2. The Morgan fingerprint density at radius 1 is 0.886 bits per heavy atom. The zero-order chi connectivity index (χ0) is 24.9. The molecule has 1 unspecified atom stereocenters. The molecule has 4 rings (SSSR count). The SMILES string of the molecule is CCOc1ccc(CCc2ccc(-c3ccc(C4CCC(C(C)O)CC4)c(F)c3F)cc2)c(F)c1. The van der Waals surface area contributed by atoms with E-state index in [1.54, 1.807) is 43.3 Å². The summed E-state index contributed by atoms with van der Waals surface area (Å²) < 4.78 is 49.7. The highest BCUT2D eigenvalue weighted by Crippen LogP contribution is 2.39. The summed E-state index contributed by atoms with van der Waals surface area (Å²) in [7, 11) is 0. The van der Waals surface area contributed by atoms with Crippen molar-refractivity contribution in [2.45, 2.75) is 64.4 Å². The minimum Gasteiger partial charge on any atom is -0.494 e. The Bertz CT molecular complexity index is 1130. The summed E-state index contributed by atoms with van der Waals surface area (Å²) in [5.41, 5.74) is 2.90. The van der Waals surface area contributed by atoms with Gasteiger partial charge in [0.25, 0.3) is 0 Å². The Morgan fingerprint density at radius 3 is 2.23 bits per heavy atom. The number of hydrogen-bond donors (Lipinski definition) is 1. The number of benzene rings is 3. The van der Waals surface area contributed by atoms with Crippen molar-refractivity contribution in [2.24, 2.45) is 5.92 Å². The van der Waals surface area contributed by atoms with E-state index in [1.165, 1.54) is 6.07 Å². The molecule has 2 nitrogen and oxygen atoms in total. The lowest BCUT2D eigenvalue weighted by Gasteiger charge is -2.30. The van der Waals surface area contributed by atoms with Crippen LogP contribution in [0.15, 0.2) is 54.6 Å². The van der Waals surface area contributed by atoms with E-state index in [0.29, 0.717) is 41.9 Å². The Hall–Kier alpha value is -2.79. The molecule has 1 atom stereocenters. The van der Waals surface area contributed by atoms with Crippen molar-refractivity contribution in [1.29, 1.82) is 0 Å². The fourth-order valence-corrected chi connectivity index (χ4v) is 5.13. The molecule has 1 aliphatic rings. The van der Waals surface area contributed by atoms with Gasteiger partial charge in [-0.1, -0.05) is 42.5 Å². The van der Waals surface area contributed by atoms with E-state index in [4.69, 9.17) is 4.74 Å². The average molecular weight is 483 g/mol. The van der Waals surface area contributed by atoms with Crippen LogP contribution >= 0.6 is 0 Å². The smallest absolute Gasteiger partial charge is 0.166 e. The second kappa shape index (κ2) is 11.3. The van der Waals surface area contributed by atoms with Crippen LogP contribution in [0.2, 0.25) is 0 Å². The molecule has 0 bridgehead atoms. The third-order valence-electron chi connectivity index (χ3n) is 7.29. The number of ether oxygens (including phenoxy) is 1. The molecule has 5 heteroatoms. The lowest BCUT2D eigenvalue weighted by molar-refractivity contribution is 0.0964. The quantitative estimate of drug-likeness (QED) is 0.358. The van der Waals surface area contributed by atoms with Crippen LogP contribution in [0.1, 0.15) is 62.1 Å². The first kappa shape index (κ1) is 25.3. The largest absolute Gasteiger partial charge is 0.494 e. The maximum atomic E-state index is 15.0. The second-order valence-electron chi connectivity index (χ2n) is 9.57. The molecule has 3 aromatic rings. The van der Waals surface area contributed by atoms with Crippen molar-refractivity contribution < 1.29 is 23.0 Å². The molecule has 35 heavy (non-hydrogen) atoms. The van der Waals surface area contributed by atoms with Gasteiger partial charge in [-0.15, -0.1) is 0 Å². The summed E-state index contributed by atoms with van der Waals surface area (Å²) in [6, 6.07) is 15.6. The van der Waals surface area contributed by atoms with E-state index in [9.17, 15) is 9.50 Å². The number of halogens is 3. The number of aliphatic hydroxyl groups is 1. The van der Waals surface area contributed by atoms with Crippen molar-refractivity contribution in [2.75, 3.05) is 6.61 Å². The molecular formula is C30H33F3O2. The van der Waals surface area contributed by atoms with Crippen LogP contribution in [-0.4, -0.2) is 17.8 Å². The minimum absolute atomic E-state index is 0.0149. The summed E-state index contributed by atoms with van der Waals surface area (Å²) in [4.78, 5) is 0. The Morgan fingerprint density at radius 2 is 1.60 bits per heavy atom. The highest BCUT2D eigenvalue weighted by molar-refractivity contribution is 5.65. The molecule has 0 radical (unpaired) electrons. The molecule has 0 aromatic heterocycles. The van der Waals surface area contributed by atoms with Crippen LogP contribution < -0.4 is 4.74 Å². The van der Waals surface area contributed by atoms with Gasteiger partial charge in [-0.3, -0.25) is 0 Å². The van der Waals surface area contributed by atoms with Crippen molar-refractivity contribution in [3.63, 3.8) is 0 Å². The van der Waals surface area contributed by atoms with E-state index in [-0.39, 0.29) is 29.3 Å². The molecule has 1 N–H and O–H groups in total. The van der Waals surface area contributed by atoms with Crippen LogP contribution in [0.3, 0.4) is 0 Å². The third-order valence-corrected chi connectivity index (χ3v) is 7.29. The van der Waals surface area contributed by atoms with Crippen LogP contribution in [0.25, 0.3) is 11.1 Å². The van der Waals surface area contributed by atoms with E-state index in [1.807, 2.05) is 19.1 Å². The number of hydrogen-bond acceptors (Lipinski definition) is 2. The van der Waals surface area contributed by atoms with Crippen molar-refractivity contribution in [1.82, 2.24) is 0 Å². The van der Waals surface area contributed by atoms with E-state index >= 15 is 8.78 Å². The Balaban J connectivity index is 1.42. The van der Waals surface area contributed by atoms with E-state index in [2.05, 4.69) is 0 Å². The van der Waals surface area contributed by atoms with Crippen molar-refractivity contribution in [3.05, 3.63) is 88.7 Å². The molecule has 3 aromatic carbocycles. The molecule has 0 spiro atoms. The summed E-state index contributed by atoms with van der Waals surface area (Å²) in [6.45, 7) is 4.14. The third kappa shape index (κ3) is 5.90. The molecule has 0 saturated heterocycles. The molecular weight excluding hydrogens is 449 g/mol. The number of aliphatic hydroxyl groups excluding tert-OH is 1. The Labute approximate surface area is 205 Å². The van der Waals surface area contributed by atoms with E-state index in [0.717, 1.165) is 31.2 Å². The maximum absolute atomic E-state index is 15.0. The number of rotatable bonds is 8. The fraction of sp³-hybridized carbons (Fsp3) is 0.400. The van der Waals surface area contributed by atoms with Crippen molar-refractivity contribution >= 4 is 0 Å². The van der Waals surface area contributed by atoms with Crippen LogP contribution in [0.4, 0.5) is 13.2 Å². The van der Waals surface area contributed by atoms with Crippen LogP contribution in [0, 0.1) is 23.4 Å². The monoisotopic (exact) mass is 482 g/mol. The maximum Gasteiger partial charge on any atom is 0.166 e. The fourth-order valence-electron chi connectivity index (χ4n) is 5.13. The molecule has 0 amide bonds. The molecule has 1 fully saturated rings. The van der Waals surface area contributed by atoms with Gasteiger partial charge in [0.1, 0.15) is 11.6 Å². The standard InChI is InChI=1S/C30H33F3O2/c1-3-35-25-15-14-24(28(31)18-25)9-6-20-4-7-22(8-5-20)26-16-17-27(30(33)29(26)32)23-12-10-21(11-13-23)19(2)34/h4-5,7-8,14-19,21,23,34H,3,6,9-13H2,1-2H3. The molecule has 0 aliphatic heterocycles. The first-order valence-corrected chi connectivity index (χ1v) is 12.5. The van der Waals surface area contributed by atoms with E-state index < -0.39 is 11.6 Å². The lowest BCUT2D eigenvalue weighted by atomic mass is 9.76.